The first-order chi connectivity index (χ1) is 15.2. The smallest absolute Gasteiger partial charge is 0.233 e. The number of hydrogen-bond acceptors (Lipinski definition) is 6. The Balaban J connectivity index is 1.58. The average molecular weight is 477 g/mol. The van der Waals surface area contributed by atoms with Gasteiger partial charge >= 0.3 is 0 Å². The third kappa shape index (κ3) is 4.84. The molecule has 1 aliphatic heterocycles. The highest BCUT2D eigenvalue weighted by molar-refractivity contribution is 7.92. The highest BCUT2D eigenvalue weighted by atomic mass is 32.2. The molecule has 0 spiro atoms. The molecule has 0 aliphatic carbocycles. The van der Waals surface area contributed by atoms with Crippen molar-refractivity contribution in [1.82, 2.24) is 4.98 Å². The normalized spacial score (nSPS) is 16.7. The van der Waals surface area contributed by atoms with Gasteiger partial charge in [-0.05, 0) is 62.6 Å². The molecule has 1 aromatic heterocycles. The van der Waals surface area contributed by atoms with Crippen LogP contribution in [0.2, 0.25) is 0 Å². The van der Waals surface area contributed by atoms with Crippen LogP contribution in [0.15, 0.2) is 47.4 Å². The third-order valence-corrected chi connectivity index (χ3v) is 8.72. The highest BCUT2D eigenvalue weighted by Crippen LogP contribution is 2.31. The second kappa shape index (κ2) is 9.25. The molecule has 2 aromatic carbocycles. The van der Waals surface area contributed by atoms with Crippen molar-refractivity contribution in [1.29, 1.82) is 0 Å². The molecule has 170 valence electrons. The van der Waals surface area contributed by atoms with Gasteiger partial charge in [0, 0.05) is 6.61 Å². The minimum absolute atomic E-state index is 0.0683. The van der Waals surface area contributed by atoms with E-state index in [0.29, 0.717) is 34.1 Å². The summed E-state index contributed by atoms with van der Waals surface area (Å²) >= 11 is 1.27. The van der Waals surface area contributed by atoms with Gasteiger partial charge in [0.2, 0.25) is 5.91 Å². The molecule has 0 radical (unpaired) electrons. The second-order valence-electron chi connectivity index (χ2n) is 8.16. The summed E-state index contributed by atoms with van der Waals surface area (Å²) in [7, 11) is -3.37. The topological polar surface area (TPSA) is 76.6 Å². The van der Waals surface area contributed by atoms with E-state index in [1.54, 1.807) is 49.1 Å². The molecule has 0 bridgehead atoms. The van der Waals surface area contributed by atoms with Crippen LogP contribution in [0.1, 0.15) is 32.3 Å². The van der Waals surface area contributed by atoms with Crippen molar-refractivity contribution in [2.75, 3.05) is 18.1 Å². The first kappa shape index (κ1) is 22.8. The number of carbonyl (C=O) groups is 1. The van der Waals surface area contributed by atoms with Crippen LogP contribution in [0.3, 0.4) is 0 Å². The zero-order valence-corrected chi connectivity index (χ0v) is 19.6. The van der Waals surface area contributed by atoms with E-state index in [4.69, 9.17) is 4.74 Å². The Labute approximate surface area is 190 Å². The molecule has 1 aliphatic rings. The summed E-state index contributed by atoms with van der Waals surface area (Å²) < 4.78 is 44.7. The molecule has 1 unspecified atom stereocenters. The van der Waals surface area contributed by atoms with Crippen LogP contribution in [-0.2, 0) is 25.8 Å². The summed E-state index contributed by atoms with van der Waals surface area (Å²) in [6.07, 6.45) is 1.84. The Morgan fingerprint density at radius 1 is 1.25 bits per heavy atom. The fourth-order valence-corrected chi connectivity index (χ4v) is 5.70. The molecule has 1 amide bonds. The molecule has 1 saturated heterocycles. The van der Waals surface area contributed by atoms with E-state index in [1.807, 2.05) is 0 Å². The third-order valence-electron chi connectivity index (χ3n) is 5.51. The van der Waals surface area contributed by atoms with Crippen molar-refractivity contribution in [2.45, 2.75) is 49.4 Å². The summed E-state index contributed by atoms with van der Waals surface area (Å²) in [6, 6.07) is 10.8. The van der Waals surface area contributed by atoms with E-state index in [-0.39, 0.29) is 29.1 Å². The van der Waals surface area contributed by atoms with Crippen molar-refractivity contribution in [3.8, 4) is 0 Å². The Morgan fingerprint density at radius 2 is 2.00 bits per heavy atom. The lowest BCUT2D eigenvalue weighted by Crippen LogP contribution is -2.38. The fraction of sp³-hybridized carbons (Fsp3) is 0.391. The van der Waals surface area contributed by atoms with E-state index in [1.165, 1.54) is 23.5 Å². The maximum Gasteiger partial charge on any atom is 0.233 e. The van der Waals surface area contributed by atoms with Crippen molar-refractivity contribution in [3.63, 3.8) is 0 Å². The SMILES string of the molecule is CC(C)S(=O)(=O)c1ccc(CC(=O)N(CC2CCCO2)c2nc3ccc(F)cc3s2)cc1. The van der Waals surface area contributed by atoms with Gasteiger partial charge in [0.05, 0.1) is 39.4 Å². The molecule has 1 fully saturated rings. The van der Waals surface area contributed by atoms with E-state index < -0.39 is 15.1 Å². The summed E-state index contributed by atoms with van der Waals surface area (Å²) in [5, 5.41) is -0.00846. The number of carbonyl (C=O) groups excluding carboxylic acids is 1. The van der Waals surface area contributed by atoms with Gasteiger partial charge in [0.15, 0.2) is 15.0 Å². The van der Waals surface area contributed by atoms with Crippen molar-refractivity contribution >= 4 is 42.4 Å². The van der Waals surface area contributed by atoms with Gasteiger partial charge in [0.1, 0.15) is 5.82 Å². The van der Waals surface area contributed by atoms with E-state index in [9.17, 15) is 17.6 Å². The highest BCUT2D eigenvalue weighted by Gasteiger charge is 2.26. The number of aromatic nitrogens is 1. The number of hydrogen-bond donors (Lipinski definition) is 0. The van der Waals surface area contributed by atoms with Crippen molar-refractivity contribution < 1.29 is 22.3 Å². The first-order valence-corrected chi connectivity index (χ1v) is 12.9. The summed E-state index contributed by atoms with van der Waals surface area (Å²) in [4.78, 5) is 19.7. The number of benzene rings is 2. The minimum atomic E-state index is -3.37. The lowest BCUT2D eigenvalue weighted by Gasteiger charge is -2.23. The monoisotopic (exact) mass is 476 g/mol. The zero-order chi connectivity index (χ0) is 22.9. The number of amides is 1. The van der Waals surface area contributed by atoms with Gasteiger partial charge < -0.3 is 4.74 Å². The van der Waals surface area contributed by atoms with Gasteiger partial charge in [-0.1, -0.05) is 23.5 Å². The van der Waals surface area contributed by atoms with Gasteiger partial charge in [-0.15, -0.1) is 0 Å². The van der Waals surface area contributed by atoms with Gasteiger partial charge in [-0.3, -0.25) is 9.69 Å². The first-order valence-electron chi connectivity index (χ1n) is 10.5. The summed E-state index contributed by atoms with van der Waals surface area (Å²) in [6.45, 7) is 4.32. The van der Waals surface area contributed by atoms with Crippen LogP contribution in [-0.4, -0.2) is 43.8 Å². The van der Waals surface area contributed by atoms with Crippen LogP contribution in [0, 0.1) is 5.82 Å². The Kier molecular flexibility index (Phi) is 6.60. The standard InChI is InChI=1S/C23H25FN2O4S2/c1-15(2)32(28,29)19-8-5-16(6-9-19)12-22(27)26(14-18-4-3-11-30-18)23-25-20-10-7-17(24)13-21(20)31-23/h5-10,13,15,18H,3-4,11-12,14H2,1-2H3. The molecule has 0 saturated carbocycles. The number of thiazole rings is 1. The molecule has 32 heavy (non-hydrogen) atoms. The minimum Gasteiger partial charge on any atom is -0.376 e. The number of anilines is 1. The molecule has 4 rings (SSSR count). The summed E-state index contributed by atoms with van der Waals surface area (Å²) in [5.74, 6) is -0.513. The molecule has 6 nitrogen and oxygen atoms in total. The van der Waals surface area contributed by atoms with Gasteiger partial charge in [-0.25, -0.2) is 17.8 Å². The molecular weight excluding hydrogens is 451 g/mol. The molecule has 1 atom stereocenters. The van der Waals surface area contributed by atoms with Crippen LogP contribution >= 0.6 is 11.3 Å². The molecule has 3 aromatic rings. The quantitative estimate of drug-likeness (QED) is 0.506. The fourth-order valence-electron chi connectivity index (χ4n) is 3.62. The van der Waals surface area contributed by atoms with E-state index in [2.05, 4.69) is 4.98 Å². The Hall–Kier alpha value is -2.36. The predicted molar refractivity (Wildman–Crippen MR) is 123 cm³/mol. The number of nitrogens with zero attached hydrogens (tertiary/aromatic N) is 2. The number of sulfone groups is 1. The number of ether oxygens (including phenoxy) is 1. The number of fused-ring (bicyclic) bond motifs is 1. The number of rotatable bonds is 7. The maximum atomic E-state index is 13.6. The zero-order valence-electron chi connectivity index (χ0n) is 18.0. The Bertz CT molecular complexity index is 1220. The summed E-state index contributed by atoms with van der Waals surface area (Å²) in [5.41, 5.74) is 1.35. The van der Waals surface area contributed by atoms with Crippen molar-refractivity contribution in [3.05, 3.63) is 53.8 Å². The van der Waals surface area contributed by atoms with Crippen molar-refractivity contribution in [2.24, 2.45) is 0 Å². The van der Waals surface area contributed by atoms with Crippen LogP contribution in [0.4, 0.5) is 9.52 Å². The van der Waals surface area contributed by atoms with Crippen LogP contribution in [0.25, 0.3) is 10.2 Å². The van der Waals surface area contributed by atoms with Gasteiger partial charge in [0.25, 0.3) is 0 Å². The van der Waals surface area contributed by atoms with E-state index in [0.717, 1.165) is 12.8 Å². The lowest BCUT2D eigenvalue weighted by molar-refractivity contribution is -0.118. The van der Waals surface area contributed by atoms with Crippen LogP contribution in [0.5, 0.6) is 0 Å². The Morgan fingerprint density at radius 3 is 2.66 bits per heavy atom. The largest absolute Gasteiger partial charge is 0.376 e. The lowest BCUT2D eigenvalue weighted by atomic mass is 10.1. The molecule has 0 N–H and O–H groups in total. The average Bonchev–Trinajstić information content (AvgIpc) is 3.41. The number of halogens is 1. The van der Waals surface area contributed by atoms with Gasteiger partial charge in [-0.2, -0.15) is 0 Å². The second-order valence-corrected chi connectivity index (χ2v) is 11.7. The maximum absolute atomic E-state index is 13.6. The molecular formula is C23H25FN2O4S2. The molecule has 9 heteroatoms. The van der Waals surface area contributed by atoms with E-state index >= 15 is 0 Å². The van der Waals surface area contributed by atoms with Crippen LogP contribution < -0.4 is 4.90 Å². The predicted octanol–water partition coefficient (Wildman–Crippen LogP) is 4.37. The molecule has 2 heterocycles.